The monoisotopic (exact) mass is 654 g/mol. The Morgan fingerprint density at radius 2 is 1.43 bits per heavy atom. The van der Waals surface area contributed by atoms with E-state index in [0.717, 1.165) is 12.3 Å². The second-order valence-corrected chi connectivity index (χ2v) is 10.7. The van der Waals surface area contributed by atoms with Crippen molar-refractivity contribution in [3.8, 4) is 39.9 Å². The summed E-state index contributed by atoms with van der Waals surface area (Å²) in [6.45, 7) is -1.28. The topological polar surface area (TPSA) is 268 Å². The number of aliphatic hydroxyl groups is 7. The molecule has 17 nitrogen and oxygen atoms in total. The highest BCUT2D eigenvalue weighted by Crippen LogP contribution is 2.42. The minimum atomic E-state index is -1.82. The fraction of sp³-hybridized carbons (Fsp3) is 0.483. The second-order valence-electron chi connectivity index (χ2n) is 10.7. The van der Waals surface area contributed by atoms with E-state index in [9.17, 15) is 50.8 Å². The molecule has 17 heteroatoms. The third kappa shape index (κ3) is 6.05. The Labute approximate surface area is 259 Å². The molecule has 2 aromatic carbocycles. The van der Waals surface area contributed by atoms with Gasteiger partial charge in [0.15, 0.2) is 29.3 Å². The number of methoxy groups -OCH3 is 2. The van der Waals surface area contributed by atoms with Crippen LogP contribution in [0.4, 0.5) is 0 Å². The molecule has 0 aliphatic carbocycles. The average molecular weight is 655 g/mol. The third-order valence-electron chi connectivity index (χ3n) is 7.84. The van der Waals surface area contributed by atoms with Gasteiger partial charge in [-0.2, -0.15) is 0 Å². The molecule has 2 fully saturated rings. The van der Waals surface area contributed by atoms with Gasteiger partial charge in [-0.05, 0) is 17.7 Å². The molecule has 252 valence electrons. The highest BCUT2D eigenvalue weighted by molar-refractivity contribution is 5.91. The first-order valence-corrected chi connectivity index (χ1v) is 13.9. The molecule has 2 aliphatic heterocycles. The van der Waals surface area contributed by atoms with E-state index in [2.05, 4.69) is 0 Å². The molecule has 2 aliphatic rings. The molecule has 1 aromatic heterocycles. The number of aromatic hydroxyl groups is 2. The SMILES string of the molecule is COc1cc2occ(-c3ccc(O[C@H]4O[C@@H](CO[C@@H]5O[C@H](CO)[C@H](O)[C@@H](O)[C@@H]5O)[C@H](O)[C@@H](O)[C@@H]4O)c(O)c3)c(=O)c2c(OC)c1O. The molecule has 0 amide bonds. The summed E-state index contributed by atoms with van der Waals surface area (Å²) in [5.74, 6) is -1.35. The lowest BCUT2D eigenvalue weighted by atomic mass is 9.98. The number of hydrogen-bond donors (Lipinski definition) is 9. The van der Waals surface area contributed by atoms with Gasteiger partial charge in [0.25, 0.3) is 0 Å². The molecule has 10 atom stereocenters. The Kier molecular flexibility index (Phi) is 9.89. The van der Waals surface area contributed by atoms with Crippen LogP contribution >= 0.6 is 0 Å². The number of hydrogen-bond acceptors (Lipinski definition) is 17. The Morgan fingerprint density at radius 3 is 2.07 bits per heavy atom. The number of ether oxygens (including phenoxy) is 6. The largest absolute Gasteiger partial charge is 0.504 e. The summed E-state index contributed by atoms with van der Waals surface area (Å²) in [6.07, 6.45) is -15.2. The number of benzene rings is 2. The van der Waals surface area contributed by atoms with Crippen molar-refractivity contribution in [1.29, 1.82) is 0 Å². The van der Waals surface area contributed by atoms with Crippen molar-refractivity contribution in [1.82, 2.24) is 0 Å². The van der Waals surface area contributed by atoms with Crippen molar-refractivity contribution in [2.24, 2.45) is 0 Å². The van der Waals surface area contributed by atoms with E-state index in [-0.39, 0.29) is 39.3 Å². The van der Waals surface area contributed by atoms with Gasteiger partial charge in [0.05, 0.1) is 33.0 Å². The minimum absolute atomic E-state index is 0.0184. The molecule has 0 unspecified atom stereocenters. The van der Waals surface area contributed by atoms with Crippen LogP contribution in [-0.4, -0.2) is 135 Å². The van der Waals surface area contributed by atoms with Crippen LogP contribution in [0.25, 0.3) is 22.1 Å². The number of phenolic OH excluding ortho intramolecular Hbond substituents is 2. The zero-order valence-corrected chi connectivity index (χ0v) is 24.4. The zero-order chi connectivity index (χ0) is 33.4. The first kappa shape index (κ1) is 33.6. The van der Waals surface area contributed by atoms with E-state index in [0.29, 0.717) is 0 Å². The summed E-state index contributed by atoms with van der Waals surface area (Å²) in [5.41, 5.74) is -0.382. The lowest BCUT2D eigenvalue weighted by Gasteiger charge is -2.42. The van der Waals surface area contributed by atoms with Crippen LogP contribution in [0.3, 0.4) is 0 Å². The first-order valence-electron chi connectivity index (χ1n) is 13.9. The van der Waals surface area contributed by atoms with E-state index in [1.807, 2.05) is 0 Å². The van der Waals surface area contributed by atoms with Gasteiger partial charge in [-0.1, -0.05) is 6.07 Å². The predicted molar refractivity (Wildman–Crippen MR) is 151 cm³/mol. The molecule has 5 rings (SSSR count). The van der Waals surface area contributed by atoms with Gasteiger partial charge in [-0.3, -0.25) is 4.79 Å². The second kappa shape index (κ2) is 13.5. The molecule has 9 N–H and O–H groups in total. The van der Waals surface area contributed by atoms with E-state index >= 15 is 0 Å². The summed E-state index contributed by atoms with van der Waals surface area (Å²) in [4.78, 5) is 13.4. The number of fused-ring (bicyclic) bond motifs is 1. The van der Waals surface area contributed by atoms with Gasteiger partial charge < -0.3 is 78.8 Å². The fourth-order valence-corrected chi connectivity index (χ4v) is 5.23. The van der Waals surface area contributed by atoms with Crippen molar-refractivity contribution in [3.63, 3.8) is 0 Å². The van der Waals surface area contributed by atoms with E-state index in [1.54, 1.807) is 0 Å². The molecule has 3 heterocycles. The maximum absolute atomic E-state index is 13.4. The highest BCUT2D eigenvalue weighted by Gasteiger charge is 2.48. The van der Waals surface area contributed by atoms with Crippen molar-refractivity contribution < 1.29 is 78.8 Å². The quantitative estimate of drug-likeness (QED) is 0.119. The first-order chi connectivity index (χ1) is 21.9. The molecule has 0 spiro atoms. The number of aliphatic hydroxyl groups excluding tert-OH is 7. The molecule has 2 saturated heterocycles. The molecule has 46 heavy (non-hydrogen) atoms. The van der Waals surface area contributed by atoms with Crippen LogP contribution in [0.5, 0.6) is 28.7 Å². The zero-order valence-electron chi connectivity index (χ0n) is 24.4. The van der Waals surface area contributed by atoms with Crippen molar-refractivity contribution in [2.45, 2.75) is 61.4 Å². The van der Waals surface area contributed by atoms with Crippen molar-refractivity contribution >= 4 is 11.0 Å². The summed E-state index contributed by atoms with van der Waals surface area (Å²) in [5, 5.41) is 91.9. The lowest BCUT2D eigenvalue weighted by molar-refractivity contribution is -0.323. The van der Waals surface area contributed by atoms with Gasteiger partial charge in [0.1, 0.15) is 66.1 Å². The van der Waals surface area contributed by atoms with Crippen LogP contribution in [0, 0.1) is 0 Å². The smallest absolute Gasteiger partial charge is 0.229 e. The van der Waals surface area contributed by atoms with Gasteiger partial charge in [0.2, 0.25) is 17.5 Å². The van der Waals surface area contributed by atoms with Crippen LogP contribution < -0.4 is 19.6 Å². The fourth-order valence-electron chi connectivity index (χ4n) is 5.23. The van der Waals surface area contributed by atoms with Gasteiger partial charge >= 0.3 is 0 Å². The summed E-state index contributed by atoms with van der Waals surface area (Å²) in [7, 11) is 2.57. The molecular formula is C29H34O17. The molecule has 0 bridgehead atoms. The maximum atomic E-state index is 13.4. The maximum Gasteiger partial charge on any atom is 0.229 e. The van der Waals surface area contributed by atoms with Crippen LogP contribution in [0.1, 0.15) is 0 Å². The standard InChI is InChI=1S/C29H34O17/c1-40-15-6-14-18(27(41-2)22(15)35)19(32)11(8-42-14)10-3-4-13(12(31)5-10)44-29-26(39)24(37)21(34)17(46-29)9-43-28-25(38)23(36)20(33)16(7-30)45-28/h3-6,8,16-17,20-21,23-26,28-31,33-39H,7,9H2,1-2H3/t16-,17+,20+,21+,23-,24-,25+,26+,28-,29+/m1/s1. The Morgan fingerprint density at radius 1 is 0.783 bits per heavy atom. The minimum Gasteiger partial charge on any atom is -0.504 e. The average Bonchev–Trinajstić information content (AvgIpc) is 3.05. The lowest BCUT2D eigenvalue weighted by Crippen LogP contribution is -2.62. The number of rotatable bonds is 9. The normalized spacial score (nSPS) is 31.5. The molecule has 0 radical (unpaired) electrons. The van der Waals surface area contributed by atoms with E-state index < -0.39 is 91.6 Å². The van der Waals surface area contributed by atoms with E-state index in [1.165, 1.54) is 32.4 Å². The Bertz CT molecular complexity index is 1590. The summed E-state index contributed by atoms with van der Waals surface area (Å²) in [6, 6.07) is 5.09. The molecule has 0 saturated carbocycles. The number of phenols is 2. The summed E-state index contributed by atoms with van der Waals surface area (Å²) < 4.78 is 37.7. The van der Waals surface area contributed by atoms with E-state index in [4.69, 9.17) is 32.8 Å². The van der Waals surface area contributed by atoms with Gasteiger partial charge in [-0.25, -0.2) is 0 Å². The van der Waals surface area contributed by atoms with Gasteiger partial charge in [0, 0.05) is 6.07 Å². The van der Waals surface area contributed by atoms with Crippen molar-refractivity contribution in [2.75, 3.05) is 27.4 Å². The van der Waals surface area contributed by atoms with Crippen LogP contribution in [0.15, 0.2) is 39.7 Å². The predicted octanol–water partition coefficient (Wildman–Crippen LogP) is -2.11. The highest BCUT2D eigenvalue weighted by atomic mass is 16.7. The molecule has 3 aromatic rings. The van der Waals surface area contributed by atoms with Gasteiger partial charge in [-0.15, -0.1) is 0 Å². The Balaban J connectivity index is 1.34. The molecular weight excluding hydrogens is 620 g/mol. The van der Waals surface area contributed by atoms with Crippen LogP contribution in [-0.2, 0) is 14.2 Å². The Hall–Kier alpha value is -3.75. The third-order valence-corrected chi connectivity index (χ3v) is 7.84. The van der Waals surface area contributed by atoms with Crippen LogP contribution in [0.2, 0.25) is 0 Å². The summed E-state index contributed by atoms with van der Waals surface area (Å²) >= 11 is 0. The van der Waals surface area contributed by atoms with Crippen molar-refractivity contribution in [3.05, 3.63) is 40.8 Å².